The van der Waals surface area contributed by atoms with E-state index in [9.17, 15) is 18.0 Å². The van der Waals surface area contributed by atoms with E-state index < -0.39 is 18.6 Å². The van der Waals surface area contributed by atoms with Crippen molar-refractivity contribution in [1.29, 1.82) is 0 Å². The molecule has 0 aliphatic rings. The summed E-state index contributed by atoms with van der Waals surface area (Å²) in [5.41, 5.74) is 1.03. The third kappa shape index (κ3) is 4.46. The monoisotopic (exact) mass is 274 g/mol. The summed E-state index contributed by atoms with van der Waals surface area (Å²) >= 11 is 0. The van der Waals surface area contributed by atoms with Crippen molar-refractivity contribution in [3.8, 4) is 0 Å². The average Bonchev–Trinajstić information content (AvgIpc) is 2.34. The number of hydrogen-bond acceptors (Lipinski definition) is 2. The molecule has 1 aromatic carbocycles. The lowest BCUT2D eigenvalue weighted by molar-refractivity contribution is -0.140. The summed E-state index contributed by atoms with van der Waals surface area (Å²) < 4.78 is 37.1. The quantitative estimate of drug-likeness (QED) is 0.843. The number of nitrogens with zero attached hydrogens (tertiary/aromatic N) is 2. The van der Waals surface area contributed by atoms with Crippen molar-refractivity contribution in [2.24, 2.45) is 0 Å². The number of alkyl halides is 3. The van der Waals surface area contributed by atoms with Crippen LogP contribution in [0.15, 0.2) is 24.3 Å². The first-order valence-electron chi connectivity index (χ1n) is 5.88. The van der Waals surface area contributed by atoms with Crippen LogP contribution >= 0.6 is 0 Å². The lowest BCUT2D eigenvalue weighted by Crippen LogP contribution is -2.38. The molecule has 0 bridgehead atoms. The molecule has 1 aromatic rings. The Balaban J connectivity index is 2.94. The first kappa shape index (κ1) is 15.3. The third-order valence-corrected chi connectivity index (χ3v) is 2.65. The van der Waals surface area contributed by atoms with Gasteiger partial charge in [0.15, 0.2) is 0 Å². The molecule has 6 heteroatoms. The molecule has 0 saturated carbocycles. The SMILES string of the molecule is CCN(CC(F)(F)F)C(=O)c1cccc(N(C)C)c1. The van der Waals surface area contributed by atoms with Crippen LogP contribution in [0.2, 0.25) is 0 Å². The van der Waals surface area contributed by atoms with Gasteiger partial charge in [0.1, 0.15) is 6.54 Å². The molecule has 0 N–H and O–H groups in total. The highest BCUT2D eigenvalue weighted by molar-refractivity contribution is 5.95. The molecule has 0 saturated heterocycles. The van der Waals surface area contributed by atoms with Gasteiger partial charge in [0, 0.05) is 31.9 Å². The van der Waals surface area contributed by atoms with Gasteiger partial charge in [-0.3, -0.25) is 4.79 Å². The second-order valence-corrected chi connectivity index (χ2v) is 4.38. The molecule has 0 aliphatic carbocycles. The molecule has 0 aliphatic heterocycles. The van der Waals surface area contributed by atoms with Gasteiger partial charge in [-0.05, 0) is 25.1 Å². The molecule has 0 atom stereocenters. The van der Waals surface area contributed by atoms with Gasteiger partial charge in [0.2, 0.25) is 0 Å². The number of amides is 1. The van der Waals surface area contributed by atoms with Crippen LogP contribution in [0.25, 0.3) is 0 Å². The number of hydrogen-bond donors (Lipinski definition) is 0. The van der Waals surface area contributed by atoms with Crippen molar-refractivity contribution in [3.63, 3.8) is 0 Å². The maximum atomic E-state index is 12.4. The van der Waals surface area contributed by atoms with Crippen LogP contribution in [-0.2, 0) is 0 Å². The van der Waals surface area contributed by atoms with E-state index in [-0.39, 0.29) is 12.1 Å². The summed E-state index contributed by atoms with van der Waals surface area (Å²) in [6.45, 7) is 0.318. The van der Waals surface area contributed by atoms with Crippen LogP contribution in [0.3, 0.4) is 0 Å². The van der Waals surface area contributed by atoms with E-state index in [4.69, 9.17) is 0 Å². The zero-order valence-corrected chi connectivity index (χ0v) is 11.2. The van der Waals surface area contributed by atoms with E-state index in [0.29, 0.717) is 0 Å². The fourth-order valence-corrected chi connectivity index (χ4v) is 1.64. The Morgan fingerprint density at radius 3 is 2.37 bits per heavy atom. The van der Waals surface area contributed by atoms with Crippen LogP contribution in [-0.4, -0.2) is 44.2 Å². The predicted octanol–water partition coefficient (Wildman–Crippen LogP) is 2.78. The zero-order chi connectivity index (χ0) is 14.6. The molecule has 0 radical (unpaired) electrons. The van der Waals surface area contributed by atoms with Crippen molar-refractivity contribution >= 4 is 11.6 Å². The van der Waals surface area contributed by atoms with Crippen molar-refractivity contribution in [1.82, 2.24) is 4.90 Å². The Hall–Kier alpha value is -1.72. The minimum absolute atomic E-state index is 0.0184. The number of carbonyl (C=O) groups excluding carboxylic acids is 1. The second-order valence-electron chi connectivity index (χ2n) is 4.38. The first-order chi connectivity index (χ1) is 8.74. The summed E-state index contributed by atoms with van der Waals surface area (Å²) in [7, 11) is 3.60. The summed E-state index contributed by atoms with van der Waals surface area (Å²) in [5, 5.41) is 0. The Morgan fingerprint density at radius 2 is 1.89 bits per heavy atom. The molecule has 0 heterocycles. The Bertz CT molecular complexity index is 444. The Labute approximate surface area is 110 Å². The summed E-state index contributed by atoms with van der Waals surface area (Å²) in [5.74, 6) is -0.608. The number of anilines is 1. The Morgan fingerprint density at radius 1 is 1.26 bits per heavy atom. The first-order valence-corrected chi connectivity index (χ1v) is 5.88. The van der Waals surface area contributed by atoms with Crippen LogP contribution in [0.1, 0.15) is 17.3 Å². The molecule has 0 unspecified atom stereocenters. The zero-order valence-electron chi connectivity index (χ0n) is 11.2. The second kappa shape index (κ2) is 5.95. The normalized spacial score (nSPS) is 11.3. The Kier molecular flexibility index (Phi) is 4.80. The molecule has 1 rings (SSSR count). The number of benzene rings is 1. The lowest BCUT2D eigenvalue weighted by Gasteiger charge is -2.23. The summed E-state index contributed by atoms with van der Waals surface area (Å²) in [6.07, 6.45) is -4.38. The minimum atomic E-state index is -4.38. The van der Waals surface area contributed by atoms with Gasteiger partial charge in [-0.25, -0.2) is 0 Å². The molecular formula is C13H17F3N2O. The van der Waals surface area contributed by atoms with Crippen LogP contribution in [0.5, 0.6) is 0 Å². The van der Waals surface area contributed by atoms with Crippen molar-refractivity contribution in [2.75, 3.05) is 32.1 Å². The number of carbonyl (C=O) groups is 1. The van der Waals surface area contributed by atoms with E-state index in [0.717, 1.165) is 10.6 Å². The van der Waals surface area contributed by atoms with Gasteiger partial charge >= 0.3 is 6.18 Å². The lowest BCUT2D eigenvalue weighted by atomic mass is 10.1. The largest absolute Gasteiger partial charge is 0.406 e. The van der Waals surface area contributed by atoms with E-state index >= 15 is 0 Å². The van der Waals surface area contributed by atoms with Crippen LogP contribution in [0.4, 0.5) is 18.9 Å². The molecule has 0 spiro atoms. The van der Waals surface area contributed by atoms with E-state index in [1.54, 1.807) is 37.2 Å². The highest BCUT2D eigenvalue weighted by Crippen LogP contribution is 2.19. The molecular weight excluding hydrogens is 257 g/mol. The van der Waals surface area contributed by atoms with Gasteiger partial charge in [0.05, 0.1) is 0 Å². The fraction of sp³-hybridized carbons (Fsp3) is 0.462. The predicted molar refractivity (Wildman–Crippen MR) is 68.4 cm³/mol. The van der Waals surface area contributed by atoms with Gasteiger partial charge in [-0.2, -0.15) is 13.2 Å². The van der Waals surface area contributed by atoms with Gasteiger partial charge in [-0.15, -0.1) is 0 Å². The van der Waals surface area contributed by atoms with Gasteiger partial charge in [0.25, 0.3) is 5.91 Å². The average molecular weight is 274 g/mol. The van der Waals surface area contributed by atoms with Crippen LogP contribution < -0.4 is 4.90 Å². The number of halogens is 3. The highest BCUT2D eigenvalue weighted by atomic mass is 19.4. The van der Waals surface area contributed by atoms with E-state index in [1.165, 1.54) is 13.0 Å². The minimum Gasteiger partial charge on any atom is -0.378 e. The standard InChI is InChI=1S/C13H17F3N2O/c1-4-18(9-13(14,15)16)12(19)10-6-5-7-11(8-10)17(2)3/h5-8H,4,9H2,1-3H3. The molecule has 19 heavy (non-hydrogen) atoms. The van der Waals surface area contributed by atoms with Crippen molar-refractivity contribution < 1.29 is 18.0 Å². The van der Waals surface area contributed by atoms with Crippen molar-refractivity contribution in [2.45, 2.75) is 13.1 Å². The van der Waals surface area contributed by atoms with Gasteiger partial charge in [-0.1, -0.05) is 6.07 Å². The maximum absolute atomic E-state index is 12.4. The molecule has 106 valence electrons. The van der Waals surface area contributed by atoms with Crippen LogP contribution in [0, 0.1) is 0 Å². The van der Waals surface area contributed by atoms with E-state index in [2.05, 4.69) is 0 Å². The molecule has 0 fully saturated rings. The fourth-order valence-electron chi connectivity index (χ4n) is 1.64. The summed E-state index contributed by atoms with van der Waals surface area (Å²) in [6, 6.07) is 6.55. The highest BCUT2D eigenvalue weighted by Gasteiger charge is 2.32. The topological polar surface area (TPSA) is 23.6 Å². The molecule has 1 amide bonds. The van der Waals surface area contributed by atoms with Gasteiger partial charge < -0.3 is 9.80 Å². The third-order valence-electron chi connectivity index (χ3n) is 2.65. The number of rotatable bonds is 4. The maximum Gasteiger partial charge on any atom is 0.406 e. The van der Waals surface area contributed by atoms with E-state index in [1.807, 2.05) is 0 Å². The smallest absolute Gasteiger partial charge is 0.378 e. The summed E-state index contributed by atoms with van der Waals surface area (Å²) in [4.78, 5) is 14.6. The molecule has 3 nitrogen and oxygen atoms in total. The van der Waals surface area contributed by atoms with Crippen molar-refractivity contribution in [3.05, 3.63) is 29.8 Å². The molecule has 0 aromatic heterocycles.